The molecule has 0 saturated carbocycles. The number of likely N-dealkylation sites (tertiary alicyclic amines) is 1. The van der Waals surface area contributed by atoms with Crippen LogP contribution in [0.1, 0.15) is 31.6 Å². The number of aromatic nitrogens is 1. The minimum Gasteiger partial charge on any atom is -0.497 e. The first kappa shape index (κ1) is 16.0. The highest BCUT2D eigenvalue weighted by molar-refractivity contribution is 5.57. The van der Waals surface area contributed by atoms with Crippen molar-refractivity contribution < 1.29 is 14.3 Å². The van der Waals surface area contributed by atoms with Crippen molar-refractivity contribution in [2.75, 3.05) is 20.3 Å². The lowest BCUT2D eigenvalue weighted by Crippen LogP contribution is -2.39. The number of hydrogen-bond acceptors (Lipinski definition) is 5. The van der Waals surface area contributed by atoms with E-state index in [1.54, 1.807) is 13.3 Å². The second kappa shape index (κ2) is 7.62. The minimum absolute atomic E-state index is 0.240. The van der Waals surface area contributed by atoms with Crippen LogP contribution in [0.2, 0.25) is 0 Å². The molecule has 1 atom stereocenters. The monoisotopic (exact) mass is 316 g/mol. The lowest BCUT2D eigenvalue weighted by Gasteiger charge is -2.34. The van der Waals surface area contributed by atoms with E-state index >= 15 is 0 Å². The van der Waals surface area contributed by atoms with Crippen LogP contribution < -0.4 is 4.74 Å². The van der Waals surface area contributed by atoms with Gasteiger partial charge in [-0.3, -0.25) is 4.90 Å². The van der Waals surface area contributed by atoms with E-state index in [4.69, 9.17) is 9.15 Å². The van der Waals surface area contributed by atoms with Crippen LogP contribution in [0.4, 0.5) is 0 Å². The molecule has 0 radical (unpaired) electrons. The largest absolute Gasteiger partial charge is 0.497 e. The summed E-state index contributed by atoms with van der Waals surface area (Å²) in [7, 11) is 1.66. The Morgan fingerprint density at radius 2 is 2.13 bits per heavy atom. The summed E-state index contributed by atoms with van der Waals surface area (Å²) in [5.74, 6) is 2.34. The maximum Gasteiger partial charge on any atom is 0.209 e. The third-order valence-electron chi connectivity index (χ3n) is 4.48. The van der Waals surface area contributed by atoms with E-state index in [1.807, 2.05) is 24.3 Å². The van der Waals surface area contributed by atoms with Crippen LogP contribution in [0.3, 0.4) is 0 Å². The van der Waals surface area contributed by atoms with Crippen molar-refractivity contribution >= 4 is 0 Å². The number of rotatable bonds is 6. The van der Waals surface area contributed by atoms with Crippen LogP contribution in [0.25, 0.3) is 11.3 Å². The van der Waals surface area contributed by atoms with Crippen LogP contribution in [0.15, 0.2) is 34.9 Å². The lowest BCUT2D eigenvalue weighted by molar-refractivity contribution is 0.103. The molecule has 1 saturated heterocycles. The lowest BCUT2D eigenvalue weighted by atomic mass is 10.00. The molecule has 1 N–H and O–H groups in total. The molecule has 3 rings (SSSR count). The van der Waals surface area contributed by atoms with E-state index in [2.05, 4.69) is 9.88 Å². The number of aliphatic hydroxyl groups excluding tert-OH is 1. The van der Waals surface area contributed by atoms with Gasteiger partial charge in [-0.2, -0.15) is 0 Å². The topological polar surface area (TPSA) is 58.7 Å². The zero-order valence-corrected chi connectivity index (χ0v) is 13.6. The molecule has 124 valence electrons. The van der Waals surface area contributed by atoms with Crippen molar-refractivity contribution in [3.05, 3.63) is 36.4 Å². The normalized spacial score (nSPS) is 19.0. The van der Waals surface area contributed by atoms with Crippen molar-refractivity contribution in [3.63, 3.8) is 0 Å². The third-order valence-corrected chi connectivity index (χ3v) is 4.48. The molecule has 1 unspecified atom stereocenters. The molecular formula is C18H24N2O3. The van der Waals surface area contributed by atoms with Gasteiger partial charge < -0.3 is 14.3 Å². The van der Waals surface area contributed by atoms with E-state index in [9.17, 15) is 5.11 Å². The van der Waals surface area contributed by atoms with Gasteiger partial charge in [0.25, 0.3) is 0 Å². The number of aliphatic hydroxyl groups is 1. The van der Waals surface area contributed by atoms with Crippen molar-refractivity contribution in [2.45, 2.75) is 38.3 Å². The molecule has 0 spiro atoms. The standard InChI is InChI=1S/C18H24N2O3/c1-22-16-7-5-14(6-8-16)17-12-19-18(23-17)13-20-10-3-2-4-15(20)9-11-21/h5-8,12,15,21H,2-4,9-11,13H2,1H3. The molecule has 1 aromatic heterocycles. The summed E-state index contributed by atoms with van der Waals surface area (Å²) >= 11 is 0. The Morgan fingerprint density at radius 1 is 1.30 bits per heavy atom. The molecule has 5 nitrogen and oxygen atoms in total. The van der Waals surface area contributed by atoms with Crippen molar-refractivity contribution in [3.8, 4) is 17.1 Å². The molecule has 5 heteroatoms. The van der Waals surface area contributed by atoms with Gasteiger partial charge in [-0.1, -0.05) is 6.42 Å². The molecule has 1 aromatic carbocycles. The van der Waals surface area contributed by atoms with Crippen molar-refractivity contribution in [1.29, 1.82) is 0 Å². The fraction of sp³-hybridized carbons (Fsp3) is 0.500. The summed E-state index contributed by atoms with van der Waals surface area (Å²) in [6, 6.07) is 8.21. The van der Waals surface area contributed by atoms with Gasteiger partial charge in [0.15, 0.2) is 5.76 Å². The van der Waals surface area contributed by atoms with Crippen LogP contribution in [0, 0.1) is 0 Å². The Morgan fingerprint density at radius 3 is 2.87 bits per heavy atom. The summed E-state index contributed by atoms with van der Waals surface area (Å²) in [4.78, 5) is 6.80. The Balaban J connectivity index is 1.68. The zero-order valence-electron chi connectivity index (χ0n) is 13.6. The smallest absolute Gasteiger partial charge is 0.209 e. The number of hydrogen-bond donors (Lipinski definition) is 1. The van der Waals surface area contributed by atoms with Gasteiger partial charge >= 0.3 is 0 Å². The summed E-state index contributed by atoms with van der Waals surface area (Å²) in [5, 5.41) is 9.22. The predicted octanol–water partition coefficient (Wildman–Crippen LogP) is 3.09. The average Bonchev–Trinajstić information content (AvgIpc) is 3.05. The molecule has 0 bridgehead atoms. The van der Waals surface area contributed by atoms with E-state index in [0.29, 0.717) is 12.6 Å². The Labute approximate surface area is 136 Å². The first-order chi connectivity index (χ1) is 11.3. The van der Waals surface area contributed by atoms with Crippen molar-refractivity contribution in [1.82, 2.24) is 9.88 Å². The molecular weight excluding hydrogens is 292 g/mol. The summed E-state index contributed by atoms with van der Waals surface area (Å²) in [6.45, 7) is 2.00. The van der Waals surface area contributed by atoms with E-state index in [-0.39, 0.29) is 6.61 Å². The number of methoxy groups -OCH3 is 1. The fourth-order valence-corrected chi connectivity index (χ4v) is 3.19. The van der Waals surface area contributed by atoms with Gasteiger partial charge in [-0.15, -0.1) is 0 Å². The Kier molecular flexibility index (Phi) is 5.31. The molecule has 1 aliphatic rings. The predicted molar refractivity (Wildman–Crippen MR) is 88.2 cm³/mol. The van der Waals surface area contributed by atoms with Gasteiger partial charge in [0.05, 0.1) is 19.9 Å². The van der Waals surface area contributed by atoms with E-state index in [0.717, 1.165) is 42.4 Å². The second-order valence-corrected chi connectivity index (χ2v) is 5.98. The maximum atomic E-state index is 9.22. The van der Waals surface area contributed by atoms with Crippen LogP contribution in [-0.2, 0) is 6.54 Å². The first-order valence-electron chi connectivity index (χ1n) is 8.24. The van der Waals surface area contributed by atoms with Gasteiger partial charge in [0.2, 0.25) is 5.89 Å². The highest BCUT2D eigenvalue weighted by Crippen LogP contribution is 2.25. The maximum absolute atomic E-state index is 9.22. The van der Waals surface area contributed by atoms with Crippen molar-refractivity contribution in [2.24, 2.45) is 0 Å². The van der Waals surface area contributed by atoms with E-state index < -0.39 is 0 Å². The number of ether oxygens (including phenoxy) is 1. The van der Waals surface area contributed by atoms with Crippen LogP contribution >= 0.6 is 0 Å². The average molecular weight is 316 g/mol. The molecule has 23 heavy (non-hydrogen) atoms. The summed E-state index contributed by atoms with van der Waals surface area (Å²) in [5.41, 5.74) is 0.995. The molecule has 0 amide bonds. The number of piperidine rings is 1. The van der Waals surface area contributed by atoms with Gasteiger partial charge in [0.1, 0.15) is 5.75 Å². The molecule has 2 aromatic rings. The zero-order chi connectivity index (χ0) is 16.1. The highest BCUT2D eigenvalue weighted by Gasteiger charge is 2.23. The number of benzene rings is 1. The summed E-state index contributed by atoms with van der Waals surface area (Å²) < 4.78 is 11.1. The Hall–Kier alpha value is -1.85. The minimum atomic E-state index is 0.240. The van der Waals surface area contributed by atoms with Crippen LogP contribution in [-0.4, -0.2) is 41.3 Å². The molecule has 1 aliphatic heterocycles. The molecule has 1 fully saturated rings. The molecule has 0 aliphatic carbocycles. The van der Waals surface area contributed by atoms with Gasteiger partial charge in [-0.25, -0.2) is 4.98 Å². The van der Waals surface area contributed by atoms with Crippen LogP contribution in [0.5, 0.6) is 5.75 Å². The third kappa shape index (κ3) is 3.92. The van der Waals surface area contributed by atoms with E-state index in [1.165, 1.54) is 12.8 Å². The quantitative estimate of drug-likeness (QED) is 0.887. The number of oxazole rings is 1. The number of nitrogens with zero attached hydrogens (tertiary/aromatic N) is 2. The van der Waals surface area contributed by atoms with Gasteiger partial charge in [0, 0.05) is 18.2 Å². The summed E-state index contributed by atoms with van der Waals surface area (Å²) in [6.07, 6.45) is 6.19. The van der Waals surface area contributed by atoms with Gasteiger partial charge in [-0.05, 0) is 50.1 Å². The fourth-order valence-electron chi connectivity index (χ4n) is 3.19. The second-order valence-electron chi connectivity index (χ2n) is 5.98. The highest BCUT2D eigenvalue weighted by atomic mass is 16.5. The Bertz CT molecular complexity index is 607. The molecule has 2 heterocycles. The first-order valence-corrected chi connectivity index (χ1v) is 8.24. The SMILES string of the molecule is COc1ccc(-c2cnc(CN3CCCCC3CCO)o2)cc1.